The molecule has 1 fully saturated rings. The van der Waals surface area contributed by atoms with Crippen molar-refractivity contribution < 1.29 is 4.39 Å². The van der Waals surface area contributed by atoms with Gasteiger partial charge in [0.05, 0.1) is 0 Å². The minimum Gasteiger partial charge on any atom is -0.321 e. The number of hydrogen-bond donors (Lipinski definition) is 1. The van der Waals surface area contributed by atoms with Crippen molar-refractivity contribution in [2.24, 2.45) is 5.73 Å². The van der Waals surface area contributed by atoms with Crippen LogP contribution in [0.25, 0.3) is 0 Å². The van der Waals surface area contributed by atoms with Crippen LogP contribution in [0.1, 0.15) is 43.5 Å². The van der Waals surface area contributed by atoms with Gasteiger partial charge in [0.15, 0.2) is 0 Å². The molecule has 0 radical (unpaired) electrons. The average molecular weight is 193 g/mol. The summed E-state index contributed by atoms with van der Waals surface area (Å²) in [6, 6.07) is 7.62. The quantitative estimate of drug-likeness (QED) is 0.767. The molecule has 1 aliphatic rings. The van der Waals surface area contributed by atoms with Crippen LogP contribution < -0.4 is 5.73 Å². The lowest BCUT2D eigenvalue weighted by Gasteiger charge is -2.38. The van der Waals surface area contributed by atoms with Crippen LogP contribution in [0.2, 0.25) is 0 Å². The molecule has 0 amide bonds. The second-order valence-electron chi connectivity index (χ2n) is 4.25. The van der Waals surface area contributed by atoms with Gasteiger partial charge in [0.1, 0.15) is 6.17 Å². The number of nitrogens with two attached hydrogens (primary N) is 1. The van der Waals surface area contributed by atoms with E-state index in [0.717, 1.165) is 24.0 Å². The number of benzene rings is 1. The monoisotopic (exact) mass is 193 g/mol. The van der Waals surface area contributed by atoms with Crippen molar-refractivity contribution in [2.75, 3.05) is 0 Å². The van der Waals surface area contributed by atoms with Gasteiger partial charge in [0.25, 0.3) is 0 Å². The van der Waals surface area contributed by atoms with Gasteiger partial charge in [0, 0.05) is 5.54 Å². The molecule has 1 aromatic carbocycles. The molecule has 1 aliphatic carbocycles. The molecule has 0 aliphatic heterocycles. The van der Waals surface area contributed by atoms with Gasteiger partial charge in [-0.05, 0) is 37.3 Å². The third-order valence-corrected chi connectivity index (χ3v) is 3.17. The number of alkyl halides is 1. The standard InChI is InChI=1S/C12H16FN/c1-9(13)10-4-2-5-11(8-10)12(14)6-3-7-12/h2,4-5,8-9H,3,6-7,14H2,1H3. The molecular formula is C12H16FN. The maximum absolute atomic E-state index is 13.1. The van der Waals surface area contributed by atoms with Crippen LogP contribution in [0.4, 0.5) is 4.39 Å². The van der Waals surface area contributed by atoms with E-state index in [1.165, 1.54) is 6.42 Å². The topological polar surface area (TPSA) is 26.0 Å². The molecule has 0 heterocycles. The molecule has 1 nitrogen and oxygen atoms in total. The third-order valence-electron chi connectivity index (χ3n) is 3.17. The van der Waals surface area contributed by atoms with Gasteiger partial charge < -0.3 is 5.73 Å². The van der Waals surface area contributed by atoms with Crippen molar-refractivity contribution in [3.05, 3.63) is 35.4 Å². The van der Waals surface area contributed by atoms with Gasteiger partial charge >= 0.3 is 0 Å². The summed E-state index contributed by atoms with van der Waals surface area (Å²) in [6.07, 6.45) is 2.33. The summed E-state index contributed by atoms with van der Waals surface area (Å²) in [6.45, 7) is 1.56. The molecule has 1 saturated carbocycles. The van der Waals surface area contributed by atoms with Gasteiger partial charge in [-0.2, -0.15) is 0 Å². The second-order valence-corrected chi connectivity index (χ2v) is 4.25. The Balaban J connectivity index is 2.30. The fraction of sp³-hybridized carbons (Fsp3) is 0.500. The Kier molecular flexibility index (Phi) is 2.31. The van der Waals surface area contributed by atoms with Gasteiger partial charge in [-0.3, -0.25) is 0 Å². The molecular weight excluding hydrogens is 177 g/mol. The average Bonchev–Trinajstić information content (AvgIpc) is 2.14. The fourth-order valence-corrected chi connectivity index (χ4v) is 1.94. The van der Waals surface area contributed by atoms with E-state index in [-0.39, 0.29) is 5.54 Å². The first-order chi connectivity index (χ1) is 6.62. The molecule has 1 aromatic rings. The molecule has 2 N–H and O–H groups in total. The highest BCUT2D eigenvalue weighted by Gasteiger charge is 2.34. The lowest BCUT2D eigenvalue weighted by Crippen LogP contribution is -2.43. The molecule has 0 aromatic heterocycles. The minimum absolute atomic E-state index is 0.176. The van der Waals surface area contributed by atoms with Crippen molar-refractivity contribution in [3.8, 4) is 0 Å². The van der Waals surface area contributed by atoms with Gasteiger partial charge in [-0.15, -0.1) is 0 Å². The largest absolute Gasteiger partial charge is 0.321 e. The fourth-order valence-electron chi connectivity index (χ4n) is 1.94. The smallest absolute Gasteiger partial charge is 0.122 e. The second kappa shape index (κ2) is 3.35. The zero-order chi connectivity index (χ0) is 10.2. The Hall–Kier alpha value is -0.890. The SMILES string of the molecule is CC(F)c1cccc(C2(N)CCC2)c1. The normalized spacial score (nSPS) is 21.4. The Morgan fingerprint density at radius 1 is 1.43 bits per heavy atom. The predicted molar refractivity (Wildman–Crippen MR) is 55.7 cm³/mol. The van der Waals surface area contributed by atoms with E-state index in [1.54, 1.807) is 6.92 Å². The number of halogens is 1. The molecule has 2 heteroatoms. The Morgan fingerprint density at radius 3 is 2.64 bits per heavy atom. The molecule has 0 saturated heterocycles. The van der Waals surface area contributed by atoms with E-state index >= 15 is 0 Å². The van der Waals surface area contributed by atoms with Crippen molar-refractivity contribution in [1.82, 2.24) is 0 Å². The van der Waals surface area contributed by atoms with Crippen molar-refractivity contribution in [1.29, 1.82) is 0 Å². The first-order valence-corrected chi connectivity index (χ1v) is 5.15. The lowest BCUT2D eigenvalue weighted by molar-refractivity contribution is 0.253. The zero-order valence-corrected chi connectivity index (χ0v) is 8.46. The van der Waals surface area contributed by atoms with E-state index in [0.29, 0.717) is 0 Å². The van der Waals surface area contributed by atoms with Crippen LogP contribution in [-0.4, -0.2) is 0 Å². The molecule has 1 unspecified atom stereocenters. The van der Waals surface area contributed by atoms with Gasteiger partial charge in [-0.25, -0.2) is 4.39 Å². The molecule has 1 atom stereocenters. The van der Waals surface area contributed by atoms with Crippen LogP contribution in [0.15, 0.2) is 24.3 Å². The zero-order valence-electron chi connectivity index (χ0n) is 8.46. The third kappa shape index (κ3) is 1.55. The van der Waals surface area contributed by atoms with E-state index in [4.69, 9.17) is 5.73 Å². The van der Waals surface area contributed by atoms with E-state index in [9.17, 15) is 4.39 Å². The first-order valence-electron chi connectivity index (χ1n) is 5.15. The minimum atomic E-state index is -0.904. The maximum Gasteiger partial charge on any atom is 0.122 e. The van der Waals surface area contributed by atoms with Crippen molar-refractivity contribution >= 4 is 0 Å². The highest BCUT2D eigenvalue weighted by atomic mass is 19.1. The molecule has 0 spiro atoms. The first kappa shape index (κ1) is 9.66. The van der Waals surface area contributed by atoms with Crippen LogP contribution in [0, 0.1) is 0 Å². The van der Waals surface area contributed by atoms with Crippen LogP contribution in [0.3, 0.4) is 0 Å². The summed E-state index contributed by atoms with van der Waals surface area (Å²) in [5.74, 6) is 0. The predicted octanol–water partition coefficient (Wildman–Crippen LogP) is 3.06. The van der Waals surface area contributed by atoms with Crippen molar-refractivity contribution in [3.63, 3.8) is 0 Å². The van der Waals surface area contributed by atoms with Crippen LogP contribution in [-0.2, 0) is 5.54 Å². The summed E-state index contributed by atoms with van der Waals surface area (Å²) in [7, 11) is 0. The van der Waals surface area contributed by atoms with Gasteiger partial charge in [0.2, 0.25) is 0 Å². The highest BCUT2D eigenvalue weighted by Crippen LogP contribution is 2.39. The Bertz CT molecular complexity index is 329. The summed E-state index contributed by atoms with van der Waals surface area (Å²) in [4.78, 5) is 0. The Morgan fingerprint density at radius 2 is 2.14 bits per heavy atom. The molecule has 14 heavy (non-hydrogen) atoms. The van der Waals surface area contributed by atoms with E-state index in [2.05, 4.69) is 0 Å². The lowest BCUT2D eigenvalue weighted by atomic mass is 9.72. The summed E-state index contributed by atoms with van der Waals surface area (Å²) in [5, 5.41) is 0. The highest BCUT2D eigenvalue weighted by molar-refractivity contribution is 5.31. The van der Waals surface area contributed by atoms with Crippen LogP contribution in [0.5, 0.6) is 0 Å². The summed E-state index contributed by atoms with van der Waals surface area (Å²) >= 11 is 0. The maximum atomic E-state index is 13.1. The molecule has 0 bridgehead atoms. The Labute approximate surface area is 84.1 Å². The van der Waals surface area contributed by atoms with Gasteiger partial charge in [-0.1, -0.05) is 24.3 Å². The summed E-state index contributed by atoms with van der Waals surface area (Å²) in [5.41, 5.74) is 7.82. The van der Waals surface area contributed by atoms with E-state index < -0.39 is 6.17 Å². The molecule has 76 valence electrons. The number of rotatable bonds is 2. The number of hydrogen-bond acceptors (Lipinski definition) is 1. The van der Waals surface area contributed by atoms with Crippen LogP contribution >= 0.6 is 0 Å². The molecule has 2 rings (SSSR count). The van der Waals surface area contributed by atoms with E-state index in [1.807, 2.05) is 24.3 Å². The summed E-state index contributed by atoms with van der Waals surface area (Å²) < 4.78 is 13.1. The van der Waals surface area contributed by atoms with Crippen molar-refractivity contribution in [2.45, 2.75) is 37.9 Å².